The second-order valence-corrected chi connectivity index (χ2v) is 6.15. The van der Waals surface area contributed by atoms with Crippen molar-refractivity contribution < 1.29 is 22.4 Å². The number of nitro benzene ring substituents is 2. The molecule has 9 nitrogen and oxygen atoms in total. The fourth-order valence-corrected chi connectivity index (χ4v) is 2.24. The second kappa shape index (κ2) is 8.13. The van der Waals surface area contributed by atoms with Crippen LogP contribution in [0, 0.1) is 27.2 Å². The third-order valence-corrected chi connectivity index (χ3v) is 4.09. The lowest BCUT2D eigenvalue weighted by molar-refractivity contribution is -0.422. The number of aryl methyl sites for hydroxylation is 1. The van der Waals surface area contributed by atoms with E-state index in [4.69, 9.17) is 0 Å². The van der Waals surface area contributed by atoms with E-state index in [1.807, 2.05) is 6.92 Å². The predicted octanol–water partition coefficient (Wildman–Crippen LogP) is 2.83. The number of rotatable bonds is 4. The summed E-state index contributed by atoms with van der Waals surface area (Å²) in [6, 6.07) is 11.5. The van der Waals surface area contributed by atoms with Crippen LogP contribution in [0.15, 0.2) is 53.4 Å². The maximum Gasteiger partial charge on any atom is 0.346 e. The molecule has 24 heavy (non-hydrogen) atoms. The van der Waals surface area contributed by atoms with Gasteiger partial charge in [-0.1, -0.05) is 29.8 Å². The largest absolute Gasteiger partial charge is 0.346 e. The molecule has 2 aromatic carbocycles. The third kappa shape index (κ3) is 5.11. The van der Waals surface area contributed by atoms with Gasteiger partial charge in [-0.25, -0.2) is 0 Å². The summed E-state index contributed by atoms with van der Waals surface area (Å²) in [5.74, 6) is 0. The van der Waals surface area contributed by atoms with Crippen LogP contribution in [0.2, 0.25) is 0 Å². The molecule has 0 aliphatic heterocycles. The predicted molar refractivity (Wildman–Crippen MR) is 85.1 cm³/mol. The highest BCUT2D eigenvalue weighted by atomic mass is 32.2. The van der Waals surface area contributed by atoms with Crippen molar-refractivity contribution in [3.63, 3.8) is 0 Å². The summed E-state index contributed by atoms with van der Waals surface area (Å²) < 4.78 is 26.5. The topological polar surface area (TPSA) is 130 Å². The molecule has 0 unspecified atom stereocenters. The van der Waals surface area contributed by atoms with Crippen molar-refractivity contribution >= 4 is 21.5 Å². The van der Waals surface area contributed by atoms with E-state index in [-0.39, 0.29) is 4.90 Å². The average molecular weight is 354 g/mol. The molecule has 0 fully saturated rings. The zero-order chi connectivity index (χ0) is 18.3. The van der Waals surface area contributed by atoms with Crippen molar-refractivity contribution in [3.05, 3.63) is 74.3 Å². The Balaban J connectivity index is 0.000000240. The number of nitro groups is 2. The second-order valence-electron chi connectivity index (χ2n) is 4.44. The van der Waals surface area contributed by atoms with Crippen molar-refractivity contribution in [2.45, 2.75) is 11.8 Å². The first-order chi connectivity index (χ1) is 11.2. The minimum absolute atomic E-state index is 0.190. The third-order valence-electron chi connectivity index (χ3n) is 2.80. The van der Waals surface area contributed by atoms with Crippen molar-refractivity contribution in [2.75, 3.05) is 7.11 Å². The normalized spacial score (nSPS) is 10.4. The van der Waals surface area contributed by atoms with Gasteiger partial charge in [0, 0.05) is 12.1 Å². The SMILES string of the molecule is COS(=O)(=O)c1ccc(C)cc1.O=[N+]([O-])c1ccccc1[N+](=O)[O-]. The Morgan fingerprint density at radius 3 is 1.62 bits per heavy atom. The summed E-state index contributed by atoms with van der Waals surface area (Å²) >= 11 is 0. The molecule has 0 aromatic heterocycles. The van der Waals surface area contributed by atoms with E-state index in [0.717, 1.165) is 24.8 Å². The van der Waals surface area contributed by atoms with E-state index in [1.54, 1.807) is 12.1 Å². The molecule has 0 spiro atoms. The minimum Gasteiger partial charge on any atom is -0.270 e. The van der Waals surface area contributed by atoms with Gasteiger partial charge in [0.15, 0.2) is 0 Å². The summed E-state index contributed by atoms with van der Waals surface area (Å²) in [6.45, 7) is 1.89. The molecule has 0 aliphatic carbocycles. The van der Waals surface area contributed by atoms with Crippen LogP contribution in [0.4, 0.5) is 11.4 Å². The van der Waals surface area contributed by atoms with Gasteiger partial charge < -0.3 is 0 Å². The molecule has 0 atom stereocenters. The molecule has 2 rings (SSSR count). The highest BCUT2D eigenvalue weighted by molar-refractivity contribution is 7.86. The zero-order valence-corrected chi connectivity index (χ0v) is 13.6. The average Bonchev–Trinajstić information content (AvgIpc) is 2.55. The first-order valence-corrected chi connectivity index (χ1v) is 7.85. The quantitative estimate of drug-likeness (QED) is 0.469. The van der Waals surface area contributed by atoms with E-state index in [1.165, 1.54) is 24.3 Å². The first-order valence-electron chi connectivity index (χ1n) is 6.44. The molecule has 0 bridgehead atoms. The standard InChI is InChI=1S/C8H10O3S.C6H4N2O4/c1-7-3-5-8(6-4-7)12(9,10)11-2;9-7(10)5-3-1-2-4-6(5)8(11)12/h3-6H,1-2H3;1-4H. The number of hydrogen-bond acceptors (Lipinski definition) is 7. The zero-order valence-electron chi connectivity index (χ0n) is 12.8. The van der Waals surface area contributed by atoms with E-state index < -0.39 is 31.3 Å². The number of hydrogen-bond donors (Lipinski definition) is 0. The van der Waals surface area contributed by atoms with E-state index in [0.29, 0.717) is 0 Å². The van der Waals surface area contributed by atoms with Gasteiger partial charge in [0.1, 0.15) is 0 Å². The maximum atomic E-state index is 11.1. The van der Waals surface area contributed by atoms with Crippen LogP contribution in [0.25, 0.3) is 0 Å². The first kappa shape index (κ1) is 19.2. The lowest BCUT2D eigenvalue weighted by Gasteiger charge is -2.00. The number of para-hydroxylation sites is 2. The smallest absolute Gasteiger partial charge is 0.270 e. The molecule has 0 heterocycles. The Morgan fingerprint density at radius 2 is 1.29 bits per heavy atom. The highest BCUT2D eigenvalue weighted by Gasteiger charge is 2.21. The Hall–Kier alpha value is -2.85. The molecule has 10 heteroatoms. The number of benzene rings is 2. The lowest BCUT2D eigenvalue weighted by atomic mass is 10.2. The fraction of sp³-hybridized carbons (Fsp3) is 0.143. The van der Waals surface area contributed by atoms with E-state index >= 15 is 0 Å². The summed E-state index contributed by atoms with van der Waals surface area (Å²) in [5.41, 5.74) is 0.0510. The summed E-state index contributed by atoms with van der Waals surface area (Å²) in [5, 5.41) is 20.5. The van der Waals surface area contributed by atoms with Gasteiger partial charge in [0.05, 0.1) is 21.9 Å². The van der Waals surface area contributed by atoms with E-state index in [9.17, 15) is 28.6 Å². The van der Waals surface area contributed by atoms with Crippen LogP contribution < -0.4 is 0 Å². The van der Waals surface area contributed by atoms with Gasteiger partial charge in [-0.15, -0.1) is 0 Å². The van der Waals surface area contributed by atoms with Crippen LogP contribution in [0.1, 0.15) is 5.56 Å². The van der Waals surface area contributed by atoms with Crippen LogP contribution >= 0.6 is 0 Å². The van der Waals surface area contributed by atoms with Crippen LogP contribution in [0.3, 0.4) is 0 Å². The molecule has 2 aromatic rings. The van der Waals surface area contributed by atoms with Crippen molar-refractivity contribution in [1.82, 2.24) is 0 Å². The molecule has 0 saturated heterocycles. The molecule has 0 radical (unpaired) electrons. The van der Waals surface area contributed by atoms with Crippen LogP contribution in [-0.2, 0) is 14.3 Å². The Labute approximate surface area is 137 Å². The molecule has 0 aliphatic rings. The summed E-state index contributed by atoms with van der Waals surface area (Å²) in [4.78, 5) is 19.1. The van der Waals surface area contributed by atoms with Crippen LogP contribution in [-0.4, -0.2) is 25.4 Å². The lowest BCUT2D eigenvalue weighted by Crippen LogP contribution is -2.02. The molecular formula is C14H14N2O7S. The minimum atomic E-state index is -3.51. The molecule has 0 amide bonds. The highest BCUT2D eigenvalue weighted by Crippen LogP contribution is 2.24. The van der Waals surface area contributed by atoms with Gasteiger partial charge >= 0.3 is 11.4 Å². The molecular weight excluding hydrogens is 340 g/mol. The molecule has 0 saturated carbocycles. The van der Waals surface area contributed by atoms with Gasteiger partial charge in [0.25, 0.3) is 10.1 Å². The van der Waals surface area contributed by atoms with Gasteiger partial charge in [-0.3, -0.25) is 24.4 Å². The summed E-state index contributed by atoms with van der Waals surface area (Å²) in [7, 11) is -2.37. The monoisotopic (exact) mass is 354 g/mol. The Bertz CT molecular complexity index is 799. The van der Waals surface area contributed by atoms with Crippen molar-refractivity contribution in [2.24, 2.45) is 0 Å². The van der Waals surface area contributed by atoms with E-state index in [2.05, 4.69) is 4.18 Å². The molecule has 0 N–H and O–H groups in total. The number of nitrogens with zero attached hydrogens (tertiary/aromatic N) is 2. The van der Waals surface area contributed by atoms with Crippen molar-refractivity contribution in [3.8, 4) is 0 Å². The fourth-order valence-electron chi connectivity index (χ4n) is 1.57. The Morgan fingerprint density at radius 1 is 0.875 bits per heavy atom. The summed E-state index contributed by atoms with van der Waals surface area (Å²) in [6.07, 6.45) is 0. The van der Waals surface area contributed by atoms with Crippen LogP contribution in [0.5, 0.6) is 0 Å². The van der Waals surface area contributed by atoms with Gasteiger partial charge in [-0.2, -0.15) is 8.42 Å². The Kier molecular flexibility index (Phi) is 6.50. The maximum absolute atomic E-state index is 11.1. The van der Waals surface area contributed by atoms with Gasteiger partial charge in [0.2, 0.25) is 0 Å². The van der Waals surface area contributed by atoms with Gasteiger partial charge in [-0.05, 0) is 19.1 Å². The molecule has 128 valence electrons. The van der Waals surface area contributed by atoms with Crippen molar-refractivity contribution in [1.29, 1.82) is 0 Å².